The summed E-state index contributed by atoms with van der Waals surface area (Å²) in [6.07, 6.45) is -2.65. The van der Waals surface area contributed by atoms with Gasteiger partial charge in [0.15, 0.2) is 5.82 Å². The number of aromatic amines is 1. The van der Waals surface area contributed by atoms with Crippen LogP contribution in [0, 0.1) is 5.41 Å². The summed E-state index contributed by atoms with van der Waals surface area (Å²) in [4.78, 5) is 20.1. The maximum atomic E-state index is 13.3. The standard InChI is InChI=1S/C23H23F3N4O3/c1-21(2,20(31)32-3)13-33-17-9-8-16(12-27-17)14-4-6-15(7-5-14)18-28-19(30-29-18)22(10-11-22)23(24,25)26/h4-9,12H,10-11,13H2,1-3H3,(H,28,29,30). The maximum absolute atomic E-state index is 13.3. The Morgan fingerprint density at radius 2 is 1.70 bits per heavy atom. The summed E-state index contributed by atoms with van der Waals surface area (Å²) in [5.41, 5.74) is -0.398. The monoisotopic (exact) mass is 460 g/mol. The van der Waals surface area contributed by atoms with Gasteiger partial charge in [0.1, 0.15) is 17.8 Å². The Balaban J connectivity index is 1.43. The van der Waals surface area contributed by atoms with E-state index in [0.29, 0.717) is 11.4 Å². The zero-order valence-electron chi connectivity index (χ0n) is 18.4. The van der Waals surface area contributed by atoms with Crippen LogP contribution in [0.3, 0.4) is 0 Å². The van der Waals surface area contributed by atoms with Gasteiger partial charge in [-0.1, -0.05) is 24.3 Å². The Kier molecular flexibility index (Phi) is 5.63. The lowest BCUT2D eigenvalue weighted by atomic mass is 9.95. The Labute approximate surface area is 188 Å². The number of carbonyl (C=O) groups is 1. The summed E-state index contributed by atoms with van der Waals surface area (Å²) in [6, 6.07) is 10.7. The number of hydrogen-bond acceptors (Lipinski definition) is 6. The van der Waals surface area contributed by atoms with E-state index in [1.807, 2.05) is 18.2 Å². The van der Waals surface area contributed by atoms with Crippen LogP contribution in [0.25, 0.3) is 22.5 Å². The van der Waals surface area contributed by atoms with Crippen molar-refractivity contribution in [1.29, 1.82) is 0 Å². The molecule has 10 heteroatoms. The number of ether oxygens (including phenoxy) is 2. The third-order valence-electron chi connectivity index (χ3n) is 5.76. The first kappa shape index (κ1) is 22.8. The lowest BCUT2D eigenvalue weighted by molar-refractivity contribution is -0.162. The number of alkyl halides is 3. The quantitative estimate of drug-likeness (QED) is 0.514. The Morgan fingerprint density at radius 1 is 1.06 bits per heavy atom. The highest BCUT2D eigenvalue weighted by Crippen LogP contribution is 2.57. The van der Waals surface area contributed by atoms with E-state index in [9.17, 15) is 18.0 Å². The normalized spacial score (nSPS) is 15.2. The second-order valence-electron chi connectivity index (χ2n) is 8.71. The molecule has 4 rings (SSSR count). The van der Waals surface area contributed by atoms with E-state index in [-0.39, 0.29) is 37.1 Å². The maximum Gasteiger partial charge on any atom is 0.401 e. The van der Waals surface area contributed by atoms with Crippen molar-refractivity contribution in [3.05, 3.63) is 48.4 Å². The van der Waals surface area contributed by atoms with Crippen molar-refractivity contribution in [2.75, 3.05) is 13.7 Å². The minimum Gasteiger partial charge on any atom is -0.476 e. The summed E-state index contributed by atoms with van der Waals surface area (Å²) in [6.45, 7) is 3.56. The van der Waals surface area contributed by atoms with Crippen LogP contribution in [-0.4, -0.2) is 46.0 Å². The number of benzene rings is 1. The lowest BCUT2D eigenvalue weighted by Crippen LogP contribution is -2.32. The van der Waals surface area contributed by atoms with Crippen LogP contribution in [0.4, 0.5) is 13.2 Å². The van der Waals surface area contributed by atoms with Crippen molar-refractivity contribution in [2.45, 2.75) is 38.3 Å². The molecule has 0 unspecified atom stereocenters. The van der Waals surface area contributed by atoms with Crippen LogP contribution in [0.5, 0.6) is 5.88 Å². The summed E-state index contributed by atoms with van der Waals surface area (Å²) < 4.78 is 50.3. The molecule has 3 aromatic rings. The van der Waals surface area contributed by atoms with Gasteiger partial charge in [-0.25, -0.2) is 9.97 Å². The molecule has 1 aromatic carbocycles. The molecular weight excluding hydrogens is 437 g/mol. The summed E-state index contributed by atoms with van der Waals surface area (Å²) >= 11 is 0. The second-order valence-corrected chi connectivity index (χ2v) is 8.71. The molecule has 2 aromatic heterocycles. The van der Waals surface area contributed by atoms with Gasteiger partial charge in [0.25, 0.3) is 0 Å². The average Bonchev–Trinajstić information content (AvgIpc) is 3.49. The highest BCUT2D eigenvalue weighted by Gasteiger charge is 2.66. The van der Waals surface area contributed by atoms with Crippen molar-refractivity contribution in [3.8, 4) is 28.4 Å². The van der Waals surface area contributed by atoms with Gasteiger partial charge < -0.3 is 9.47 Å². The Morgan fingerprint density at radius 3 is 2.24 bits per heavy atom. The van der Waals surface area contributed by atoms with Crippen LogP contribution in [0.2, 0.25) is 0 Å². The first-order chi connectivity index (χ1) is 15.6. The number of methoxy groups -OCH3 is 1. The van der Waals surface area contributed by atoms with Crippen LogP contribution in [-0.2, 0) is 14.9 Å². The lowest BCUT2D eigenvalue weighted by Gasteiger charge is -2.21. The van der Waals surface area contributed by atoms with E-state index in [1.165, 1.54) is 7.11 Å². The molecular formula is C23H23F3N4O3. The van der Waals surface area contributed by atoms with Crippen molar-refractivity contribution < 1.29 is 27.4 Å². The van der Waals surface area contributed by atoms with Gasteiger partial charge in [-0.3, -0.25) is 9.89 Å². The van der Waals surface area contributed by atoms with E-state index in [1.54, 1.807) is 38.2 Å². The van der Waals surface area contributed by atoms with Crippen LogP contribution < -0.4 is 4.74 Å². The molecule has 0 bridgehead atoms. The molecule has 0 saturated heterocycles. The van der Waals surface area contributed by atoms with Gasteiger partial charge in [0.2, 0.25) is 5.88 Å². The van der Waals surface area contributed by atoms with Crippen LogP contribution in [0.15, 0.2) is 42.6 Å². The molecule has 0 radical (unpaired) electrons. The summed E-state index contributed by atoms with van der Waals surface area (Å²) in [5, 5.41) is 6.45. The third kappa shape index (κ3) is 4.42. The first-order valence-corrected chi connectivity index (χ1v) is 10.3. The predicted octanol–water partition coefficient (Wildman–Crippen LogP) is 4.71. The molecule has 0 spiro atoms. The van der Waals surface area contributed by atoms with E-state index < -0.39 is 17.0 Å². The van der Waals surface area contributed by atoms with Crippen molar-refractivity contribution in [3.63, 3.8) is 0 Å². The number of halogens is 3. The largest absolute Gasteiger partial charge is 0.476 e. The molecule has 1 aliphatic carbocycles. The molecule has 0 atom stereocenters. The number of carbonyl (C=O) groups excluding carboxylic acids is 1. The number of H-pyrrole nitrogens is 1. The van der Waals surface area contributed by atoms with Crippen molar-refractivity contribution in [1.82, 2.24) is 20.2 Å². The number of esters is 1. The van der Waals surface area contributed by atoms with Gasteiger partial charge in [-0.15, -0.1) is 0 Å². The highest BCUT2D eigenvalue weighted by atomic mass is 19.4. The van der Waals surface area contributed by atoms with Gasteiger partial charge in [-0.05, 0) is 38.3 Å². The van der Waals surface area contributed by atoms with E-state index in [2.05, 4.69) is 20.2 Å². The van der Waals surface area contributed by atoms with Gasteiger partial charge >= 0.3 is 12.1 Å². The minimum atomic E-state index is -4.34. The fourth-order valence-electron chi connectivity index (χ4n) is 3.42. The van der Waals surface area contributed by atoms with Crippen LogP contribution >= 0.6 is 0 Å². The number of aromatic nitrogens is 4. The topological polar surface area (TPSA) is 90.0 Å². The highest BCUT2D eigenvalue weighted by molar-refractivity contribution is 5.76. The molecule has 1 saturated carbocycles. The first-order valence-electron chi connectivity index (χ1n) is 10.3. The fraction of sp³-hybridized carbons (Fsp3) is 0.391. The van der Waals surface area contributed by atoms with E-state index >= 15 is 0 Å². The van der Waals surface area contributed by atoms with Crippen molar-refractivity contribution >= 4 is 5.97 Å². The molecule has 174 valence electrons. The number of pyridine rings is 1. The van der Waals surface area contributed by atoms with Crippen molar-refractivity contribution in [2.24, 2.45) is 5.41 Å². The van der Waals surface area contributed by atoms with Crippen LogP contribution in [0.1, 0.15) is 32.5 Å². The third-order valence-corrected chi connectivity index (χ3v) is 5.76. The Bertz CT molecular complexity index is 1140. The SMILES string of the molecule is COC(=O)C(C)(C)COc1ccc(-c2ccc(-c3n[nH]c(C4(C(F)(F)F)CC4)n3)cc2)cn1. The molecule has 0 amide bonds. The number of rotatable bonds is 7. The molecule has 1 fully saturated rings. The minimum absolute atomic E-state index is 0.0248. The predicted molar refractivity (Wildman–Crippen MR) is 113 cm³/mol. The second kappa shape index (κ2) is 8.17. The smallest absolute Gasteiger partial charge is 0.401 e. The molecule has 7 nitrogen and oxygen atoms in total. The Hall–Kier alpha value is -3.43. The number of hydrogen-bond donors (Lipinski definition) is 1. The van der Waals surface area contributed by atoms with E-state index in [0.717, 1.165) is 11.1 Å². The summed E-state index contributed by atoms with van der Waals surface area (Å²) in [5.74, 6) is 0.0918. The molecule has 0 aliphatic heterocycles. The van der Waals surface area contributed by atoms with Gasteiger partial charge in [0, 0.05) is 23.4 Å². The zero-order valence-corrected chi connectivity index (χ0v) is 18.4. The molecule has 1 N–H and O–H groups in total. The van der Waals surface area contributed by atoms with E-state index in [4.69, 9.17) is 9.47 Å². The number of nitrogens with one attached hydrogen (secondary N) is 1. The number of nitrogens with zero attached hydrogens (tertiary/aromatic N) is 3. The van der Waals surface area contributed by atoms with Gasteiger partial charge in [-0.2, -0.15) is 18.3 Å². The summed E-state index contributed by atoms with van der Waals surface area (Å²) in [7, 11) is 1.33. The molecule has 33 heavy (non-hydrogen) atoms. The average molecular weight is 460 g/mol. The molecule has 2 heterocycles. The molecule has 1 aliphatic rings. The fourth-order valence-corrected chi connectivity index (χ4v) is 3.42. The zero-order chi connectivity index (χ0) is 23.9. The van der Waals surface area contributed by atoms with Gasteiger partial charge in [0.05, 0.1) is 12.5 Å².